The van der Waals surface area contributed by atoms with Gasteiger partial charge in [-0.3, -0.25) is 25.0 Å². The number of nitrogens with zero attached hydrogens (tertiary/aromatic N) is 1. The molecule has 18 heavy (non-hydrogen) atoms. The average molecular weight is 258 g/mol. The molecule has 0 aliphatic carbocycles. The third-order valence-corrected chi connectivity index (χ3v) is 2.61. The van der Waals surface area contributed by atoms with Crippen molar-refractivity contribution >= 4 is 17.8 Å². The zero-order chi connectivity index (χ0) is 13.8. The second kappa shape index (κ2) is 5.92. The van der Waals surface area contributed by atoms with Crippen molar-refractivity contribution in [1.29, 1.82) is 0 Å². The first-order chi connectivity index (χ1) is 8.40. The predicted octanol–water partition coefficient (Wildman–Crippen LogP) is -0.610. The molecule has 7 heteroatoms. The number of amides is 2. The molecule has 0 saturated carbocycles. The zero-order valence-corrected chi connectivity index (χ0v) is 10.6. The van der Waals surface area contributed by atoms with Crippen LogP contribution in [0.1, 0.15) is 26.7 Å². The fourth-order valence-electron chi connectivity index (χ4n) is 1.75. The van der Waals surface area contributed by atoms with Crippen LogP contribution in [0.3, 0.4) is 0 Å². The van der Waals surface area contributed by atoms with E-state index < -0.39 is 17.6 Å². The molecule has 102 valence electrons. The van der Waals surface area contributed by atoms with Crippen molar-refractivity contribution in [1.82, 2.24) is 4.90 Å². The highest BCUT2D eigenvalue weighted by molar-refractivity contribution is 6.02. The molecular weight excluding hydrogens is 240 g/mol. The lowest BCUT2D eigenvalue weighted by Gasteiger charge is -2.36. The largest absolute Gasteiger partial charge is 0.435 e. The maximum atomic E-state index is 12.0. The van der Waals surface area contributed by atoms with Crippen LogP contribution >= 0.6 is 0 Å². The minimum atomic E-state index is -1.73. The highest BCUT2D eigenvalue weighted by atomic mass is 16.6. The van der Waals surface area contributed by atoms with E-state index in [1.807, 2.05) is 6.92 Å². The van der Waals surface area contributed by atoms with Gasteiger partial charge in [-0.25, -0.2) is 0 Å². The fraction of sp³-hybridized carbons (Fsp3) is 0.727. The first-order valence-corrected chi connectivity index (χ1v) is 5.81. The van der Waals surface area contributed by atoms with Gasteiger partial charge < -0.3 is 9.47 Å². The molecule has 1 aliphatic heterocycles. The molecule has 0 spiro atoms. The summed E-state index contributed by atoms with van der Waals surface area (Å²) in [6, 6.07) is 0. The number of esters is 1. The van der Waals surface area contributed by atoms with Crippen LogP contribution in [0.5, 0.6) is 0 Å². The highest BCUT2D eigenvalue weighted by Crippen LogP contribution is 2.22. The Bertz CT molecular complexity index is 357. The Labute approximate surface area is 105 Å². The summed E-state index contributed by atoms with van der Waals surface area (Å²) in [4.78, 5) is 35.6. The lowest BCUT2D eigenvalue weighted by atomic mass is 10.0. The molecule has 1 saturated heterocycles. The number of carbonyl (C=O) groups excluding carboxylic acids is 3. The lowest BCUT2D eigenvalue weighted by molar-refractivity contribution is -0.181. The van der Waals surface area contributed by atoms with Gasteiger partial charge in [-0.05, 0) is 6.92 Å². The molecule has 0 aromatic carbocycles. The van der Waals surface area contributed by atoms with Gasteiger partial charge in [0.1, 0.15) is 0 Å². The number of hydrogen-bond donors (Lipinski definition) is 1. The van der Waals surface area contributed by atoms with Crippen LogP contribution in [-0.2, 0) is 23.9 Å². The van der Waals surface area contributed by atoms with Crippen LogP contribution < -0.4 is 5.73 Å². The summed E-state index contributed by atoms with van der Waals surface area (Å²) >= 11 is 0. The summed E-state index contributed by atoms with van der Waals surface area (Å²) in [6.07, 6.45) is 0.0804. The number of piperidine rings is 1. The summed E-state index contributed by atoms with van der Waals surface area (Å²) in [5.74, 6) is -1.66. The molecule has 2 amide bonds. The van der Waals surface area contributed by atoms with Gasteiger partial charge in [-0.15, -0.1) is 0 Å². The highest BCUT2D eigenvalue weighted by Gasteiger charge is 2.46. The van der Waals surface area contributed by atoms with Crippen LogP contribution in [-0.4, -0.2) is 48.2 Å². The smallest absolute Gasteiger partial charge is 0.304 e. The van der Waals surface area contributed by atoms with E-state index in [-0.39, 0.29) is 31.9 Å². The average Bonchev–Trinajstić information content (AvgIpc) is 2.28. The van der Waals surface area contributed by atoms with Gasteiger partial charge in [0, 0.05) is 26.4 Å². The van der Waals surface area contributed by atoms with Crippen LogP contribution in [0, 0.1) is 0 Å². The Hall–Kier alpha value is -1.47. The first kappa shape index (κ1) is 14.6. The van der Waals surface area contributed by atoms with Crippen molar-refractivity contribution in [3.05, 3.63) is 0 Å². The van der Waals surface area contributed by atoms with Crippen molar-refractivity contribution in [2.45, 2.75) is 32.4 Å². The van der Waals surface area contributed by atoms with Crippen molar-refractivity contribution < 1.29 is 23.9 Å². The Morgan fingerprint density at radius 1 is 1.50 bits per heavy atom. The Kier molecular flexibility index (Phi) is 4.80. The Morgan fingerprint density at radius 3 is 2.72 bits per heavy atom. The molecule has 1 fully saturated rings. The van der Waals surface area contributed by atoms with E-state index in [0.717, 1.165) is 4.90 Å². The molecule has 1 aliphatic rings. The van der Waals surface area contributed by atoms with Gasteiger partial charge in [0.2, 0.25) is 11.6 Å². The SMILES string of the molecule is CCOCCN1C(=O)CCC(N)(OC(C)=O)C1=O. The lowest BCUT2D eigenvalue weighted by Crippen LogP contribution is -2.63. The number of rotatable bonds is 5. The van der Waals surface area contributed by atoms with E-state index in [1.165, 1.54) is 6.92 Å². The number of nitrogens with two attached hydrogens (primary N) is 1. The minimum absolute atomic E-state index is 0.00931. The predicted molar refractivity (Wildman–Crippen MR) is 61.1 cm³/mol. The van der Waals surface area contributed by atoms with Gasteiger partial charge in [0.05, 0.1) is 13.2 Å². The number of ether oxygens (including phenoxy) is 2. The van der Waals surface area contributed by atoms with Gasteiger partial charge in [0.15, 0.2) is 0 Å². The number of likely N-dealkylation sites (tertiary alicyclic amines) is 1. The number of hydrogen-bond acceptors (Lipinski definition) is 6. The maximum absolute atomic E-state index is 12.0. The van der Waals surface area contributed by atoms with E-state index >= 15 is 0 Å². The van der Waals surface area contributed by atoms with E-state index in [2.05, 4.69) is 0 Å². The van der Waals surface area contributed by atoms with Gasteiger partial charge in [-0.2, -0.15) is 0 Å². The third-order valence-electron chi connectivity index (χ3n) is 2.61. The van der Waals surface area contributed by atoms with Crippen molar-refractivity contribution in [2.24, 2.45) is 5.73 Å². The van der Waals surface area contributed by atoms with Crippen LogP contribution in [0.4, 0.5) is 0 Å². The monoisotopic (exact) mass is 258 g/mol. The Balaban J connectivity index is 2.73. The van der Waals surface area contributed by atoms with E-state index in [4.69, 9.17) is 15.2 Å². The molecular formula is C11H18N2O5. The molecule has 0 aromatic heterocycles. The van der Waals surface area contributed by atoms with Crippen molar-refractivity contribution in [3.8, 4) is 0 Å². The standard InChI is InChI=1S/C11H18N2O5/c1-3-17-7-6-13-9(15)4-5-11(12,10(13)16)18-8(2)14/h3-7,12H2,1-2H3. The fourth-order valence-corrected chi connectivity index (χ4v) is 1.75. The number of imide groups is 1. The zero-order valence-electron chi connectivity index (χ0n) is 10.6. The summed E-state index contributed by atoms with van der Waals surface area (Å²) in [7, 11) is 0. The van der Waals surface area contributed by atoms with Crippen LogP contribution in [0.2, 0.25) is 0 Å². The molecule has 1 heterocycles. The molecule has 7 nitrogen and oxygen atoms in total. The van der Waals surface area contributed by atoms with Gasteiger partial charge in [0.25, 0.3) is 5.91 Å². The van der Waals surface area contributed by atoms with Crippen LogP contribution in [0.25, 0.3) is 0 Å². The Morgan fingerprint density at radius 2 is 2.17 bits per heavy atom. The molecule has 0 bridgehead atoms. The van der Waals surface area contributed by atoms with Gasteiger partial charge >= 0.3 is 5.97 Å². The summed E-state index contributed by atoms with van der Waals surface area (Å²) in [5, 5.41) is 0. The second-order valence-electron chi connectivity index (χ2n) is 4.03. The second-order valence-corrected chi connectivity index (χ2v) is 4.03. The summed E-state index contributed by atoms with van der Waals surface area (Å²) in [6.45, 7) is 3.83. The molecule has 1 atom stereocenters. The van der Waals surface area contributed by atoms with E-state index in [0.29, 0.717) is 6.61 Å². The normalized spacial score (nSPS) is 24.3. The first-order valence-electron chi connectivity index (χ1n) is 5.81. The van der Waals surface area contributed by atoms with E-state index in [1.54, 1.807) is 0 Å². The topological polar surface area (TPSA) is 98.9 Å². The quantitative estimate of drug-likeness (QED) is 0.306. The molecule has 0 radical (unpaired) electrons. The molecule has 1 rings (SSSR count). The van der Waals surface area contributed by atoms with Gasteiger partial charge in [-0.1, -0.05) is 0 Å². The molecule has 1 unspecified atom stereocenters. The van der Waals surface area contributed by atoms with Crippen molar-refractivity contribution in [2.75, 3.05) is 19.8 Å². The summed E-state index contributed by atoms with van der Waals surface area (Å²) in [5.41, 5.74) is 4.00. The molecule has 0 aromatic rings. The summed E-state index contributed by atoms with van der Waals surface area (Å²) < 4.78 is 9.92. The number of carbonyl (C=O) groups is 3. The maximum Gasteiger partial charge on any atom is 0.304 e. The third kappa shape index (κ3) is 3.27. The van der Waals surface area contributed by atoms with Crippen molar-refractivity contribution in [3.63, 3.8) is 0 Å². The van der Waals surface area contributed by atoms with Crippen LogP contribution in [0.15, 0.2) is 0 Å². The minimum Gasteiger partial charge on any atom is -0.435 e. The van der Waals surface area contributed by atoms with E-state index in [9.17, 15) is 14.4 Å². The molecule has 2 N–H and O–H groups in total.